The quantitative estimate of drug-likeness (QED) is 0.567. The molecule has 0 radical (unpaired) electrons. The maximum Gasteiger partial charge on any atom is 0.240 e. The van der Waals surface area contributed by atoms with Crippen LogP contribution in [0.3, 0.4) is 0 Å². The number of rotatable bonds is 3. The Balaban J connectivity index is 2.05. The van der Waals surface area contributed by atoms with Gasteiger partial charge in [-0.3, -0.25) is 10.4 Å². The molecule has 0 amide bonds. The number of ether oxygens (including phenoxy) is 1. The Bertz CT molecular complexity index is 759. The van der Waals surface area contributed by atoms with Gasteiger partial charge in [-0.05, 0) is 40.2 Å². The first-order chi connectivity index (χ1) is 9.78. The molecular formula is C13H10BrN5O. The summed E-state index contributed by atoms with van der Waals surface area (Å²) in [4.78, 5) is 12.4. The van der Waals surface area contributed by atoms with Gasteiger partial charge in [0.25, 0.3) is 0 Å². The third kappa shape index (κ3) is 2.40. The van der Waals surface area contributed by atoms with Gasteiger partial charge in [-0.2, -0.15) is 4.98 Å². The van der Waals surface area contributed by atoms with Gasteiger partial charge in [0.2, 0.25) is 11.8 Å². The van der Waals surface area contributed by atoms with E-state index in [9.17, 15) is 0 Å². The molecule has 3 rings (SSSR count). The van der Waals surface area contributed by atoms with Crippen LogP contribution in [-0.4, -0.2) is 15.0 Å². The van der Waals surface area contributed by atoms with E-state index in [1.54, 1.807) is 12.4 Å². The molecule has 0 unspecified atom stereocenters. The Kier molecular flexibility index (Phi) is 3.44. The van der Waals surface area contributed by atoms with Crippen molar-refractivity contribution in [2.24, 2.45) is 5.84 Å². The molecule has 100 valence electrons. The third-order valence-corrected chi connectivity index (χ3v) is 3.20. The lowest BCUT2D eigenvalue weighted by atomic mass is 10.2. The fraction of sp³-hybridized carbons (Fsp3) is 0. The van der Waals surface area contributed by atoms with Crippen molar-refractivity contribution in [3.8, 4) is 11.6 Å². The highest BCUT2D eigenvalue weighted by atomic mass is 79.9. The summed E-state index contributed by atoms with van der Waals surface area (Å²) in [6, 6.07) is 9.45. The minimum atomic E-state index is 0.279. The Morgan fingerprint density at radius 1 is 1.15 bits per heavy atom. The molecule has 0 atom stereocenters. The number of hydrogen-bond acceptors (Lipinski definition) is 6. The maximum atomic E-state index is 5.83. The zero-order valence-corrected chi connectivity index (χ0v) is 11.8. The SMILES string of the molecule is NNc1ncc(Br)c(Oc2cccc3ncccc23)n1. The molecule has 0 aliphatic rings. The molecule has 0 bridgehead atoms. The largest absolute Gasteiger partial charge is 0.437 e. The van der Waals surface area contributed by atoms with Crippen LogP contribution in [0.1, 0.15) is 0 Å². The molecule has 7 heteroatoms. The van der Waals surface area contributed by atoms with Crippen LogP contribution in [0.5, 0.6) is 11.6 Å². The number of fused-ring (bicyclic) bond motifs is 1. The maximum absolute atomic E-state index is 5.83. The zero-order valence-electron chi connectivity index (χ0n) is 10.2. The number of benzene rings is 1. The van der Waals surface area contributed by atoms with Crippen LogP contribution in [0.2, 0.25) is 0 Å². The van der Waals surface area contributed by atoms with Crippen LogP contribution < -0.4 is 16.0 Å². The normalized spacial score (nSPS) is 10.5. The summed E-state index contributed by atoms with van der Waals surface area (Å²) in [5.74, 6) is 6.62. The van der Waals surface area contributed by atoms with Crippen molar-refractivity contribution in [1.82, 2.24) is 15.0 Å². The van der Waals surface area contributed by atoms with E-state index in [1.165, 1.54) is 0 Å². The first-order valence-electron chi connectivity index (χ1n) is 5.78. The number of hydrazine groups is 1. The van der Waals surface area contributed by atoms with Crippen molar-refractivity contribution in [1.29, 1.82) is 0 Å². The number of nitrogens with two attached hydrogens (primary N) is 1. The molecule has 1 aromatic carbocycles. The van der Waals surface area contributed by atoms with E-state index in [0.717, 1.165) is 10.9 Å². The molecular weight excluding hydrogens is 322 g/mol. The van der Waals surface area contributed by atoms with Crippen molar-refractivity contribution in [2.45, 2.75) is 0 Å². The summed E-state index contributed by atoms with van der Waals surface area (Å²) in [5.41, 5.74) is 3.24. The van der Waals surface area contributed by atoms with Gasteiger partial charge in [-0.1, -0.05) is 6.07 Å². The minimum Gasteiger partial charge on any atom is -0.437 e. The highest BCUT2D eigenvalue weighted by molar-refractivity contribution is 9.10. The van der Waals surface area contributed by atoms with Gasteiger partial charge in [-0.25, -0.2) is 10.8 Å². The van der Waals surface area contributed by atoms with Gasteiger partial charge < -0.3 is 4.74 Å². The lowest BCUT2D eigenvalue weighted by Gasteiger charge is -2.09. The first-order valence-corrected chi connectivity index (χ1v) is 6.58. The van der Waals surface area contributed by atoms with Crippen molar-refractivity contribution in [3.05, 3.63) is 47.2 Å². The number of nitrogens with one attached hydrogen (secondary N) is 1. The van der Waals surface area contributed by atoms with Gasteiger partial charge in [0.15, 0.2) is 0 Å². The zero-order chi connectivity index (χ0) is 13.9. The molecule has 0 saturated heterocycles. The van der Waals surface area contributed by atoms with E-state index >= 15 is 0 Å². The number of nitrogens with zero attached hydrogens (tertiary/aromatic N) is 3. The van der Waals surface area contributed by atoms with Crippen LogP contribution >= 0.6 is 15.9 Å². The van der Waals surface area contributed by atoms with Gasteiger partial charge in [0.05, 0.1) is 16.2 Å². The molecule has 0 saturated carbocycles. The van der Waals surface area contributed by atoms with Gasteiger partial charge >= 0.3 is 0 Å². The molecule has 0 aliphatic carbocycles. The number of hydrogen-bond donors (Lipinski definition) is 2. The second kappa shape index (κ2) is 5.40. The lowest BCUT2D eigenvalue weighted by Crippen LogP contribution is -2.10. The fourth-order valence-electron chi connectivity index (χ4n) is 1.76. The second-order valence-corrected chi connectivity index (χ2v) is 4.77. The predicted molar refractivity (Wildman–Crippen MR) is 79.4 cm³/mol. The summed E-state index contributed by atoms with van der Waals surface area (Å²) in [6.45, 7) is 0. The van der Waals surface area contributed by atoms with Crippen LogP contribution in [0.4, 0.5) is 5.95 Å². The van der Waals surface area contributed by atoms with E-state index in [1.807, 2.05) is 30.3 Å². The van der Waals surface area contributed by atoms with E-state index in [0.29, 0.717) is 16.1 Å². The van der Waals surface area contributed by atoms with Crippen LogP contribution in [0.25, 0.3) is 10.9 Å². The lowest BCUT2D eigenvalue weighted by molar-refractivity contribution is 0.464. The van der Waals surface area contributed by atoms with Crippen molar-refractivity contribution < 1.29 is 4.74 Å². The molecule has 0 aliphatic heterocycles. The van der Waals surface area contributed by atoms with Gasteiger partial charge in [0, 0.05) is 11.6 Å². The average Bonchev–Trinajstić information content (AvgIpc) is 2.50. The molecule has 3 N–H and O–H groups in total. The number of anilines is 1. The first kappa shape index (κ1) is 12.8. The Morgan fingerprint density at radius 2 is 2.05 bits per heavy atom. The Morgan fingerprint density at radius 3 is 2.90 bits per heavy atom. The summed E-state index contributed by atoms with van der Waals surface area (Å²) in [6.07, 6.45) is 3.31. The number of aromatic nitrogens is 3. The monoisotopic (exact) mass is 331 g/mol. The Labute approximate surface area is 123 Å². The van der Waals surface area contributed by atoms with Crippen LogP contribution in [0, 0.1) is 0 Å². The average molecular weight is 332 g/mol. The fourth-order valence-corrected chi connectivity index (χ4v) is 2.03. The van der Waals surface area contributed by atoms with Crippen molar-refractivity contribution >= 4 is 32.8 Å². The summed E-state index contributed by atoms with van der Waals surface area (Å²) < 4.78 is 6.47. The molecule has 3 aromatic rings. The van der Waals surface area contributed by atoms with Crippen LogP contribution in [-0.2, 0) is 0 Å². The van der Waals surface area contributed by atoms with E-state index in [4.69, 9.17) is 10.6 Å². The molecule has 2 heterocycles. The molecule has 0 fully saturated rings. The van der Waals surface area contributed by atoms with E-state index < -0.39 is 0 Å². The van der Waals surface area contributed by atoms with Crippen molar-refractivity contribution in [3.63, 3.8) is 0 Å². The molecule has 20 heavy (non-hydrogen) atoms. The standard InChI is InChI=1S/C13H10BrN5O/c14-9-7-17-13(19-15)18-12(9)20-11-5-1-4-10-8(11)3-2-6-16-10/h1-7H,15H2,(H,17,18,19). The van der Waals surface area contributed by atoms with Crippen LogP contribution in [0.15, 0.2) is 47.2 Å². The summed E-state index contributed by atoms with van der Waals surface area (Å²) in [5, 5.41) is 0.905. The topological polar surface area (TPSA) is 86.0 Å². The number of nitrogen functional groups attached to an aromatic ring is 1. The van der Waals surface area contributed by atoms with E-state index in [2.05, 4.69) is 36.3 Å². The highest BCUT2D eigenvalue weighted by Crippen LogP contribution is 2.31. The number of pyridine rings is 1. The summed E-state index contributed by atoms with van der Waals surface area (Å²) >= 11 is 3.35. The second-order valence-electron chi connectivity index (χ2n) is 3.92. The highest BCUT2D eigenvalue weighted by Gasteiger charge is 2.09. The van der Waals surface area contributed by atoms with Gasteiger partial charge in [0.1, 0.15) is 5.75 Å². The summed E-state index contributed by atoms with van der Waals surface area (Å²) in [7, 11) is 0. The smallest absolute Gasteiger partial charge is 0.240 e. The molecule has 6 nitrogen and oxygen atoms in total. The molecule has 0 spiro atoms. The third-order valence-electron chi connectivity index (χ3n) is 2.65. The number of halogens is 1. The molecule has 2 aromatic heterocycles. The van der Waals surface area contributed by atoms with Crippen molar-refractivity contribution in [2.75, 3.05) is 5.43 Å². The van der Waals surface area contributed by atoms with Gasteiger partial charge in [-0.15, -0.1) is 0 Å². The predicted octanol–water partition coefficient (Wildman–Crippen LogP) is 2.87. The minimum absolute atomic E-state index is 0.279. The Hall–Kier alpha value is -2.25. The van der Waals surface area contributed by atoms with E-state index in [-0.39, 0.29) is 5.95 Å².